The molecular weight excluding hydrogens is 435 g/mol. The third kappa shape index (κ3) is 4.40. The first kappa shape index (κ1) is 22.7. The molecule has 0 radical (unpaired) electrons. The largest absolute Gasteiger partial charge is 0.481 e. The molecule has 1 unspecified atom stereocenters. The van der Waals surface area contributed by atoms with Gasteiger partial charge in [-0.25, -0.2) is 4.79 Å². The number of hydrogen-bond donors (Lipinski definition) is 1. The number of para-hydroxylation sites is 2. The van der Waals surface area contributed by atoms with Crippen molar-refractivity contribution in [2.24, 2.45) is 7.05 Å². The van der Waals surface area contributed by atoms with Crippen molar-refractivity contribution >= 4 is 27.9 Å². The van der Waals surface area contributed by atoms with Crippen molar-refractivity contribution in [1.29, 1.82) is 0 Å². The number of benzene rings is 2. The number of carboxylic acids is 1. The Hall–Kier alpha value is -3.49. The Balaban J connectivity index is 1.86. The molecule has 4 aromatic rings. The third-order valence-corrected chi connectivity index (χ3v) is 6.04. The van der Waals surface area contributed by atoms with Crippen molar-refractivity contribution in [3.8, 4) is 0 Å². The van der Waals surface area contributed by atoms with Crippen molar-refractivity contribution in [3.63, 3.8) is 0 Å². The number of alkyl halides is 3. The Morgan fingerprint density at radius 1 is 1.06 bits per heavy atom. The molecule has 1 N–H and O–H groups in total. The van der Waals surface area contributed by atoms with Crippen LogP contribution in [0.25, 0.3) is 21.9 Å². The Labute approximate surface area is 187 Å². The molecule has 0 aliphatic rings. The van der Waals surface area contributed by atoms with E-state index in [0.717, 1.165) is 22.0 Å². The summed E-state index contributed by atoms with van der Waals surface area (Å²) < 4.78 is 43.5. The Morgan fingerprint density at radius 2 is 1.73 bits per heavy atom. The van der Waals surface area contributed by atoms with E-state index in [0.29, 0.717) is 11.0 Å². The molecule has 0 saturated carbocycles. The number of carboxylic acid groups (broad SMARTS) is 1. The molecule has 0 fully saturated rings. The molecule has 33 heavy (non-hydrogen) atoms. The molecule has 0 saturated heterocycles. The van der Waals surface area contributed by atoms with Crippen LogP contribution < -0.4 is 5.69 Å². The van der Waals surface area contributed by atoms with E-state index in [2.05, 4.69) is 0 Å². The average molecular weight is 459 g/mol. The minimum Gasteiger partial charge on any atom is -0.481 e. The lowest BCUT2D eigenvalue weighted by molar-refractivity contribution is -0.143. The van der Waals surface area contributed by atoms with Crippen LogP contribution in [0.1, 0.15) is 36.4 Å². The maximum absolute atomic E-state index is 13.5. The van der Waals surface area contributed by atoms with E-state index in [4.69, 9.17) is 0 Å². The van der Waals surface area contributed by atoms with Crippen LogP contribution >= 0.6 is 0 Å². The summed E-state index contributed by atoms with van der Waals surface area (Å²) in [6, 6.07) is 11.6. The van der Waals surface area contributed by atoms with Crippen LogP contribution in [-0.4, -0.2) is 31.0 Å². The Morgan fingerprint density at radius 3 is 2.39 bits per heavy atom. The average Bonchev–Trinajstić information content (AvgIpc) is 3.20. The second kappa shape index (κ2) is 8.46. The second-order valence-corrected chi connectivity index (χ2v) is 8.37. The van der Waals surface area contributed by atoms with Gasteiger partial charge in [0.2, 0.25) is 0 Å². The monoisotopic (exact) mass is 459 g/mol. The minimum absolute atomic E-state index is 0.216. The predicted octanol–water partition coefficient (Wildman–Crippen LogP) is 5.01. The lowest BCUT2D eigenvalue weighted by Crippen LogP contribution is -2.30. The van der Waals surface area contributed by atoms with Crippen molar-refractivity contribution in [2.75, 3.05) is 0 Å². The van der Waals surface area contributed by atoms with Gasteiger partial charge in [-0.1, -0.05) is 24.3 Å². The Kier molecular flexibility index (Phi) is 5.82. The van der Waals surface area contributed by atoms with E-state index in [1.165, 1.54) is 9.13 Å². The van der Waals surface area contributed by atoms with Crippen LogP contribution in [0, 0.1) is 6.92 Å². The molecule has 9 heteroatoms. The molecule has 1 atom stereocenters. The van der Waals surface area contributed by atoms with Gasteiger partial charge in [0.15, 0.2) is 0 Å². The fourth-order valence-corrected chi connectivity index (χ4v) is 4.61. The van der Waals surface area contributed by atoms with Crippen LogP contribution in [0.2, 0.25) is 0 Å². The number of aliphatic carboxylic acids is 1. The number of aromatic nitrogens is 3. The zero-order chi connectivity index (χ0) is 23.9. The van der Waals surface area contributed by atoms with Gasteiger partial charge in [-0.3, -0.25) is 13.9 Å². The van der Waals surface area contributed by atoms with E-state index in [9.17, 15) is 27.9 Å². The quantitative estimate of drug-likeness (QED) is 0.422. The molecule has 0 spiro atoms. The highest BCUT2D eigenvalue weighted by Crippen LogP contribution is 2.30. The summed E-state index contributed by atoms with van der Waals surface area (Å²) in [5.74, 6) is -1.25. The number of fused-ring (bicyclic) bond motifs is 2. The molecule has 2 heterocycles. The second-order valence-electron chi connectivity index (χ2n) is 8.37. The van der Waals surface area contributed by atoms with Gasteiger partial charge in [-0.2, -0.15) is 13.2 Å². The Bertz CT molecular complexity index is 1400. The molecule has 4 rings (SSSR count). The van der Waals surface area contributed by atoms with Crippen LogP contribution in [0.4, 0.5) is 13.2 Å². The van der Waals surface area contributed by atoms with Crippen molar-refractivity contribution in [2.45, 2.75) is 44.9 Å². The van der Waals surface area contributed by atoms with Gasteiger partial charge in [0.1, 0.15) is 0 Å². The molecule has 2 aromatic heterocycles. The van der Waals surface area contributed by atoms with Crippen LogP contribution in [0.5, 0.6) is 0 Å². The molecule has 0 aliphatic heterocycles. The van der Waals surface area contributed by atoms with Crippen LogP contribution in [-0.2, 0) is 18.4 Å². The molecule has 174 valence electrons. The zero-order valence-corrected chi connectivity index (χ0v) is 18.3. The topological polar surface area (TPSA) is 69.2 Å². The summed E-state index contributed by atoms with van der Waals surface area (Å²) in [4.78, 5) is 24.9. The summed E-state index contributed by atoms with van der Waals surface area (Å²) in [7, 11) is 1.91. The van der Waals surface area contributed by atoms with Crippen molar-refractivity contribution in [1.82, 2.24) is 13.7 Å². The summed E-state index contributed by atoms with van der Waals surface area (Å²) in [5.41, 5.74) is 3.42. The van der Waals surface area contributed by atoms with Gasteiger partial charge in [0, 0.05) is 36.6 Å². The molecule has 0 amide bonds. The van der Waals surface area contributed by atoms with Gasteiger partial charge in [-0.05, 0) is 42.7 Å². The lowest BCUT2D eigenvalue weighted by atomic mass is 10.1. The van der Waals surface area contributed by atoms with Gasteiger partial charge in [-0.15, -0.1) is 0 Å². The lowest BCUT2D eigenvalue weighted by Gasteiger charge is -2.18. The maximum atomic E-state index is 13.5. The molecule has 0 aliphatic carbocycles. The normalized spacial score (nSPS) is 13.1. The summed E-state index contributed by atoms with van der Waals surface area (Å²) in [6.07, 6.45) is -4.73. The molecule has 6 nitrogen and oxygen atoms in total. The zero-order valence-electron chi connectivity index (χ0n) is 18.3. The maximum Gasteiger partial charge on any atom is 0.389 e. The number of halogens is 3. The highest BCUT2D eigenvalue weighted by atomic mass is 19.4. The highest BCUT2D eigenvalue weighted by Gasteiger charge is 2.31. The number of hydrogen-bond acceptors (Lipinski definition) is 2. The molecular formula is C24H24F3N3O3. The minimum atomic E-state index is -4.45. The summed E-state index contributed by atoms with van der Waals surface area (Å²) >= 11 is 0. The van der Waals surface area contributed by atoms with Gasteiger partial charge in [0.25, 0.3) is 0 Å². The standard InChI is InChI=1S/C24H24F3N3O3/c1-15-6-5-9-20-22(15)16(13-28(20)2)14-29-18-7-3-4-8-19(18)30(23(29)33)17(12-21(31)32)10-11-24(25,26)27/h3-9,13,17H,10-12,14H2,1-2H3,(H,31,32). The SMILES string of the molecule is Cc1cccc2c1c(Cn1c(=O)n(C(CCC(F)(F)F)CC(=O)O)c3ccccc31)cn2C. The smallest absolute Gasteiger partial charge is 0.389 e. The first-order chi connectivity index (χ1) is 15.6. The van der Waals surface area contributed by atoms with Crippen molar-refractivity contribution < 1.29 is 23.1 Å². The fourth-order valence-electron chi connectivity index (χ4n) is 4.61. The van der Waals surface area contributed by atoms with E-state index >= 15 is 0 Å². The number of carbonyl (C=O) groups is 1. The molecule has 2 aromatic carbocycles. The van der Waals surface area contributed by atoms with E-state index in [1.807, 2.05) is 42.9 Å². The van der Waals surface area contributed by atoms with Crippen LogP contribution in [0.3, 0.4) is 0 Å². The molecule has 0 bridgehead atoms. The van der Waals surface area contributed by atoms with Crippen molar-refractivity contribution in [3.05, 3.63) is 70.3 Å². The number of aryl methyl sites for hydroxylation is 2. The van der Waals surface area contributed by atoms with E-state index in [-0.39, 0.29) is 6.54 Å². The van der Waals surface area contributed by atoms with Gasteiger partial charge < -0.3 is 9.67 Å². The fraction of sp³-hybridized carbons (Fsp3) is 0.333. The van der Waals surface area contributed by atoms with Gasteiger partial charge in [0.05, 0.1) is 24.0 Å². The highest BCUT2D eigenvalue weighted by molar-refractivity contribution is 5.87. The first-order valence-electron chi connectivity index (χ1n) is 10.6. The van der Waals surface area contributed by atoms with Gasteiger partial charge >= 0.3 is 17.8 Å². The number of imidazole rings is 1. The van der Waals surface area contributed by atoms with Crippen LogP contribution in [0.15, 0.2) is 53.5 Å². The number of nitrogens with zero attached hydrogens (tertiary/aromatic N) is 3. The summed E-state index contributed by atoms with van der Waals surface area (Å²) in [5, 5.41) is 10.3. The first-order valence-corrected chi connectivity index (χ1v) is 10.6. The predicted molar refractivity (Wildman–Crippen MR) is 120 cm³/mol. The number of rotatable bonds is 7. The summed E-state index contributed by atoms with van der Waals surface area (Å²) in [6.45, 7) is 2.20. The van der Waals surface area contributed by atoms with E-state index in [1.54, 1.807) is 24.3 Å². The van der Waals surface area contributed by atoms with E-state index < -0.39 is 43.1 Å². The third-order valence-electron chi connectivity index (χ3n) is 6.04.